The van der Waals surface area contributed by atoms with Crippen molar-refractivity contribution in [3.05, 3.63) is 52.5 Å². The van der Waals surface area contributed by atoms with Crippen LogP contribution in [0.5, 0.6) is 5.75 Å². The van der Waals surface area contributed by atoms with Crippen molar-refractivity contribution in [1.29, 1.82) is 5.26 Å². The zero-order valence-electron chi connectivity index (χ0n) is 9.68. The van der Waals surface area contributed by atoms with Crippen molar-refractivity contribution >= 4 is 27.7 Å². The minimum absolute atomic E-state index is 0.650. The van der Waals surface area contributed by atoms with Crippen molar-refractivity contribution in [2.45, 2.75) is 9.79 Å². The van der Waals surface area contributed by atoms with E-state index in [2.05, 4.69) is 22.0 Å². The molecule has 90 valence electrons. The van der Waals surface area contributed by atoms with Crippen molar-refractivity contribution in [3.63, 3.8) is 0 Å². The van der Waals surface area contributed by atoms with E-state index in [1.165, 1.54) is 0 Å². The fraction of sp³-hybridized carbons (Fsp3) is 0.0714. The number of nitrogens with zero attached hydrogens (tertiary/aromatic N) is 1. The molecule has 0 unspecified atom stereocenters. The molecule has 2 rings (SSSR count). The Morgan fingerprint density at radius 3 is 2.72 bits per heavy atom. The molecule has 2 aromatic rings. The van der Waals surface area contributed by atoms with Crippen molar-refractivity contribution < 1.29 is 4.74 Å². The number of benzene rings is 2. The summed E-state index contributed by atoms with van der Waals surface area (Å²) in [5.41, 5.74) is 0.650. The van der Waals surface area contributed by atoms with Gasteiger partial charge in [-0.3, -0.25) is 0 Å². The maximum atomic E-state index is 8.82. The first-order chi connectivity index (χ1) is 8.72. The molecule has 0 aromatic heterocycles. The molecule has 0 radical (unpaired) electrons. The van der Waals surface area contributed by atoms with Crippen molar-refractivity contribution in [2.24, 2.45) is 0 Å². The molecule has 0 spiro atoms. The van der Waals surface area contributed by atoms with Crippen LogP contribution in [-0.2, 0) is 0 Å². The number of halogens is 1. The average molecular weight is 320 g/mol. The molecule has 0 fully saturated rings. The molecule has 0 saturated heterocycles. The molecule has 4 heteroatoms. The smallest absolute Gasteiger partial charge is 0.119 e. The second kappa shape index (κ2) is 5.94. The fourth-order valence-corrected chi connectivity index (χ4v) is 2.93. The zero-order valence-corrected chi connectivity index (χ0v) is 12.1. The second-order valence-electron chi connectivity index (χ2n) is 3.54. The number of methoxy groups -OCH3 is 1. The van der Waals surface area contributed by atoms with Gasteiger partial charge >= 0.3 is 0 Å². The van der Waals surface area contributed by atoms with Gasteiger partial charge in [-0.05, 0) is 52.3 Å². The molecule has 0 amide bonds. The number of rotatable bonds is 3. The van der Waals surface area contributed by atoms with E-state index in [-0.39, 0.29) is 0 Å². The van der Waals surface area contributed by atoms with E-state index in [9.17, 15) is 0 Å². The number of hydrogen-bond acceptors (Lipinski definition) is 3. The Hall–Kier alpha value is -1.44. The van der Waals surface area contributed by atoms with E-state index < -0.39 is 0 Å². The van der Waals surface area contributed by atoms with Crippen molar-refractivity contribution in [2.75, 3.05) is 7.11 Å². The number of ether oxygens (including phenoxy) is 1. The fourth-order valence-electron chi connectivity index (χ4n) is 1.44. The van der Waals surface area contributed by atoms with Crippen LogP contribution in [0.1, 0.15) is 5.56 Å². The molecular weight excluding hydrogens is 310 g/mol. The highest BCUT2D eigenvalue weighted by Gasteiger charge is 2.04. The van der Waals surface area contributed by atoms with E-state index in [1.807, 2.05) is 42.5 Å². The van der Waals surface area contributed by atoms with Crippen LogP contribution in [0.2, 0.25) is 0 Å². The molecular formula is C14H10BrNOS. The van der Waals surface area contributed by atoms with Gasteiger partial charge in [0.15, 0.2) is 0 Å². The molecule has 2 nitrogen and oxygen atoms in total. The van der Waals surface area contributed by atoms with Crippen LogP contribution in [0.3, 0.4) is 0 Å². The maximum absolute atomic E-state index is 8.82. The van der Waals surface area contributed by atoms with Crippen molar-refractivity contribution in [3.8, 4) is 11.8 Å². The lowest BCUT2D eigenvalue weighted by Gasteiger charge is -2.06. The van der Waals surface area contributed by atoms with Crippen molar-refractivity contribution in [1.82, 2.24) is 0 Å². The first-order valence-corrected chi connectivity index (χ1v) is 6.85. The van der Waals surface area contributed by atoms with E-state index in [0.717, 1.165) is 20.0 Å². The summed E-state index contributed by atoms with van der Waals surface area (Å²) >= 11 is 5.10. The molecule has 2 aromatic carbocycles. The second-order valence-corrected chi connectivity index (χ2v) is 5.51. The average Bonchev–Trinajstić information content (AvgIpc) is 2.41. The van der Waals surface area contributed by atoms with Gasteiger partial charge in [0.05, 0.1) is 18.7 Å². The summed E-state index contributed by atoms with van der Waals surface area (Å²) in [7, 11) is 1.65. The lowest BCUT2D eigenvalue weighted by molar-refractivity contribution is 0.413. The third-order valence-corrected chi connectivity index (χ3v) is 4.31. The Morgan fingerprint density at radius 2 is 2.06 bits per heavy atom. The normalized spacial score (nSPS) is 9.83. The third kappa shape index (κ3) is 3.06. The van der Waals surface area contributed by atoms with Gasteiger partial charge in [-0.1, -0.05) is 17.8 Å². The van der Waals surface area contributed by atoms with Crippen LogP contribution in [-0.4, -0.2) is 7.11 Å². The predicted molar refractivity (Wildman–Crippen MR) is 76.0 cm³/mol. The molecule has 0 atom stereocenters. The summed E-state index contributed by atoms with van der Waals surface area (Å²) in [5, 5.41) is 8.82. The molecule has 0 aliphatic carbocycles. The van der Waals surface area contributed by atoms with Gasteiger partial charge in [0.2, 0.25) is 0 Å². The Labute approximate surface area is 119 Å². The standard InChI is InChI=1S/C14H10BrNOS/c1-17-11-3-2-4-12(8-11)18-14-6-5-10(9-16)7-13(14)15/h2-8H,1H3. The third-order valence-electron chi connectivity index (χ3n) is 2.33. The zero-order chi connectivity index (χ0) is 13.0. The van der Waals surface area contributed by atoms with Gasteiger partial charge in [-0.15, -0.1) is 0 Å². The summed E-state index contributed by atoms with van der Waals surface area (Å²) in [6.45, 7) is 0. The Bertz CT molecular complexity index is 607. The molecule has 0 heterocycles. The summed E-state index contributed by atoms with van der Waals surface area (Å²) in [6.07, 6.45) is 0. The lowest BCUT2D eigenvalue weighted by atomic mass is 10.2. The predicted octanol–water partition coefficient (Wildman–Crippen LogP) is 4.48. The van der Waals surface area contributed by atoms with E-state index in [1.54, 1.807) is 18.9 Å². The largest absolute Gasteiger partial charge is 0.497 e. The van der Waals surface area contributed by atoms with Gasteiger partial charge < -0.3 is 4.74 Å². The topological polar surface area (TPSA) is 33.0 Å². The monoisotopic (exact) mass is 319 g/mol. The number of nitriles is 1. The molecule has 0 aliphatic heterocycles. The van der Waals surface area contributed by atoms with Crippen LogP contribution in [0, 0.1) is 11.3 Å². The SMILES string of the molecule is COc1cccc(Sc2ccc(C#N)cc2Br)c1. The highest BCUT2D eigenvalue weighted by atomic mass is 79.9. The lowest BCUT2D eigenvalue weighted by Crippen LogP contribution is -1.83. The minimum Gasteiger partial charge on any atom is -0.497 e. The molecule has 0 aliphatic rings. The summed E-state index contributed by atoms with van der Waals surface area (Å²) in [5.74, 6) is 0.838. The molecule has 0 N–H and O–H groups in total. The summed E-state index contributed by atoms with van der Waals surface area (Å²) in [6, 6.07) is 15.6. The highest BCUT2D eigenvalue weighted by molar-refractivity contribution is 9.10. The number of hydrogen-bond donors (Lipinski definition) is 0. The van der Waals surface area contributed by atoms with Gasteiger partial charge in [0.1, 0.15) is 5.75 Å². The first-order valence-electron chi connectivity index (χ1n) is 5.24. The Kier molecular flexibility index (Phi) is 4.29. The van der Waals surface area contributed by atoms with Crippen LogP contribution < -0.4 is 4.74 Å². The van der Waals surface area contributed by atoms with E-state index >= 15 is 0 Å². The highest BCUT2D eigenvalue weighted by Crippen LogP contribution is 2.35. The van der Waals surface area contributed by atoms with Gasteiger partial charge in [-0.2, -0.15) is 5.26 Å². The first kappa shape index (κ1) is 13.0. The van der Waals surface area contributed by atoms with Gasteiger partial charge in [0.25, 0.3) is 0 Å². The quantitative estimate of drug-likeness (QED) is 0.836. The van der Waals surface area contributed by atoms with Gasteiger partial charge in [-0.25, -0.2) is 0 Å². The Morgan fingerprint density at radius 1 is 1.22 bits per heavy atom. The molecule has 0 saturated carbocycles. The van der Waals surface area contributed by atoms with Crippen LogP contribution in [0.4, 0.5) is 0 Å². The molecule has 18 heavy (non-hydrogen) atoms. The summed E-state index contributed by atoms with van der Waals surface area (Å²) in [4.78, 5) is 2.17. The van der Waals surface area contributed by atoms with Crippen LogP contribution >= 0.6 is 27.7 Å². The maximum Gasteiger partial charge on any atom is 0.119 e. The van der Waals surface area contributed by atoms with Gasteiger partial charge in [0, 0.05) is 14.3 Å². The molecule has 0 bridgehead atoms. The van der Waals surface area contributed by atoms with Crippen LogP contribution in [0.15, 0.2) is 56.7 Å². The van der Waals surface area contributed by atoms with Crippen LogP contribution in [0.25, 0.3) is 0 Å². The Balaban J connectivity index is 2.26. The summed E-state index contributed by atoms with van der Waals surface area (Å²) < 4.78 is 6.12. The minimum atomic E-state index is 0.650. The van der Waals surface area contributed by atoms with E-state index in [0.29, 0.717) is 5.56 Å². The van der Waals surface area contributed by atoms with E-state index in [4.69, 9.17) is 10.00 Å².